The highest BCUT2D eigenvalue weighted by Crippen LogP contribution is 2.24. The molecule has 1 rings (SSSR count). The monoisotopic (exact) mass is 339 g/mol. The number of hydrogen-bond donors (Lipinski definition) is 1. The second-order valence-corrected chi connectivity index (χ2v) is 7.27. The molecular formula is C12H15Cl2NO4S. The molecule has 0 saturated carbocycles. The van der Waals surface area contributed by atoms with Crippen LogP contribution in [0, 0.1) is 0 Å². The van der Waals surface area contributed by atoms with E-state index in [1.807, 2.05) is 0 Å². The lowest BCUT2D eigenvalue weighted by Gasteiger charge is -2.24. The number of halogens is 2. The van der Waals surface area contributed by atoms with Crippen LogP contribution in [0.1, 0.15) is 19.4 Å². The van der Waals surface area contributed by atoms with Crippen LogP contribution < -0.4 is 0 Å². The third kappa shape index (κ3) is 4.63. The summed E-state index contributed by atoms with van der Waals surface area (Å²) in [6.45, 7) is 2.67. The lowest BCUT2D eigenvalue weighted by molar-refractivity contribution is -0.137. The summed E-state index contributed by atoms with van der Waals surface area (Å²) in [5.74, 6) is -1.52. The number of sulfonamides is 1. The molecule has 0 amide bonds. The Bertz CT molecular complexity index is 601. The van der Waals surface area contributed by atoms with E-state index in [4.69, 9.17) is 28.3 Å². The van der Waals surface area contributed by atoms with Gasteiger partial charge >= 0.3 is 5.97 Å². The van der Waals surface area contributed by atoms with Crippen molar-refractivity contribution in [2.24, 2.45) is 0 Å². The molecule has 1 N–H and O–H groups in total. The number of carboxylic acid groups (broad SMARTS) is 1. The SMILES string of the molecule is CC(C)N(CC(=O)O)S(=O)(=O)Cc1ccc(Cl)c(Cl)c1. The van der Waals surface area contributed by atoms with Gasteiger partial charge in [-0.15, -0.1) is 0 Å². The number of carboxylic acids is 1. The van der Waals surface area contributed by atoms with E-state index in [1.165, 1.54) is 12.1 Å². The molecule has 0 fully saturated rings. The first-order valence-electron chi connectivity index (χ1n) is 5.78. The molecule has 0 aromatic heterocycles. The third-order valence-corrected chi connectivity index (χ3v) is 5.26. The normalized spacial score (nSPS) is 12.1. The van der Waals surface area contributed by atoms with E-state index in [2.05, 4.69) is 0 Å². The van der Waals surface area contributed by atoms with Gasteiger partial charge in [-0.3, -0.25) is 4.79 Å². The number of nitrogens with zero attached hydrogens (tertiary/aromatic N) is 1. The van der Waals surface area contributed by atoms with Crippen LogP contribution in [0.5, 0.6) is 0 Å². The maximum Gasteiger partial charge on any atom is 0.318 e. The molecule has 0 heterocycles. The van der Waals surface area contributed by atoms with Gasteiger partial charge in [0.05, 0.1) is 15.8 Å². The summed E-state index contributed by atoms with van der Waals surface area (Å²) in [5, 5.41) is 9.39. The summed E-state index contributed by atoms with van der Waals surface area (Å²) in [5.41, 5.74) is 0.454. The molecule has 112 valence electrons. The largest absolute Gasteiger partial charge is 0.480 e. The van der Waals surface area contributed by atoms with E-state index >= 15 is 0 Å². The molecule has 5 nitrogen and oxygen atoms in total. The van der Waals surface area contributed by atoms with E-state index in [-0.39, 0.29) is 10.8 Å². The van der Waals surface area contributed by atoms with Gasteiger partial charge in [-0.25, -0.2) is 8.42 Å². The van der Waals surface area contributed by atoms with Gasteiger partial charge in [0, 0.05) is 6.04 Å². The van der Waals surface area contributed by atoms with Crippen molar-refractivity contribution in [3.8, 4) is 0 Å². The van der Waals surface area contributed by atoms with Crippen molar-refractivity contribution in [3.05, 3.63) is 33.8 Å². The number of carbonyl (C=O) groups is 1. The molecular weight excluding hydrogens is 325 g/mol. The first-order chi connectivity index (χ1) is 9.13. The average Bonchev–Trinajstić information content (AvgIpc) is 2.30. The number of rotatable bonds is 6. The molecule has 0 spiro atoms. The quantitative estimate of drug-likeness (QED) is 0.864. The Hall–Kier alpha value is -0.820. The topological polar surface area (TPSA) is 74.7 Å². The summed E-state index contributed by atoms with van der Waals surface area (Å²) in [6, 6.07) is 4.07. The molecule has 0 saturated heterocycles. The zero-order chi connectivity index (χ0) is 15.5. The van der Waals surface area contributed by atoms with Gasteiger partial charge in [-0.2, -0.15) is 4.31 Å². The number of aliphatic carboxylic acids is 1. The van der Waals surface area contributed by atoms with Gasteiger partial charge in [0.15, 0.2) is 0 Å². The molecule has 20 heavy (non-hydrogen) atoms. The van der Waals surface area contributed by atoms with Crippen molar-refractivity contribution in [1.29, 1.82) is 0 Å². The minimum Gasteiger partial charge on any atom is -0.480 e. The van der Waals surface area contributed by atoms with Crippen LogP contribution in [-0.4, -0.2) is 36.4 Å². The van der Waals surface area contributed by atoms with Crippen LogP contribution in [0.2, 0.25) is 10.0 Å². The molecule has 0 aliphatic heterocycles. The first kappa shape index (κ1) is 17.2. The minimum atomic E-state index is -3.75. The molecule has 0 bridgehead atoms. The van der Waals surface area contributed by atoms with Crippen molar-refractivity contribution in [2.75, 3.05) is 6.54 Å². The van der Waals surface area contributed by atoms with Crippen molar-refractivity contribution in [3.63, 3.8) is 0 Å². The van der Waals surface area contributed by atoms with Crippen LogP contribution in [0.15, 0.2) is 18.2 Å². The molecule has 8 heteroatoms. The molecule has 1 aromatic rings. The van der Waals surface area contributed by atoms with Crippen molar-refractivity contribution < 1.29 is 18.3 Å². The van der Waals surface area contributed by atoms with E-state index in [0.29, 0.717) is 10.6 Å². The molecule has 0 atom stereocenters. The zero-order valence-corrected chi connectivity index (χ0v) is 13.3. The first-order valence-corrected chi connectivity index (χ1v) is 8.15. The van der Waals surface area contributed by atoms with Crippen molar-refractivity contribution in [2.45, 2.75) is 25.6 Å². The number of hydrogen-bond acceptors (Lipinski definition) is 3. The Morgan fingerprint density at radius 1 is 1.30 bits per heavy atom. The fraction of sp³-hybridized carbons (Fsp3) is 0.417. The van der Waals surface area contributed by atoms with Gasteiger partial charge in [0.25, 0.3) is 0 Å². The van der Waals surface area contributed by atoms with Gasteiger partial charge in [0.2, 0.25) is 10.0 Å². The third-order valence-electron chi connectivity index (χ3n) is 2.56. The predicted molar refractivity (Wildman–Crippen MR) is 78.6 cm³/mol. The minimum absolute atomic E-state index is 0.258. The highest BCUT2D eigenvalue weighted by Gasteiger charge is 2.27. The second kappa shape index (κ2) is 6.76. The Morgan fingerprint density at radius 3 is 2.35 bits per heavy atom. The van der Waals surface area contributed by atoms with E-state index in [9.17, 15) is 13.2 Å². The summed E-state index contributed by atoms with van der Waals surface area (Å²) in [6.07, 6.45) is 0. The predicted octanol–water partition coefficient (Wildman–Crippen LogP) is 2.62. The maximum absolute atomic E-state index is 12.3. The Morgan fingerprint density at radius 2 is 1.90 bits per heavy atom. The van der Waals surface area contributed by atoms with Crippen LogP contribution in [0.4, 0.5) is 0 Å². The fourth-order valence-electron chi connectivity index (χ4n) is 1.66. The van der Waals surface area contributed by atoms with E-state index < -0.39 is 28.6 Å². The summed E-state index contributed by atoms with van der Waals surface area (Å²) in [4.78, 5) is 10.8. The van der Waals surface area contributed by atoms with Crippen molar-refractivity contribution in [1.82, 2.24) is 4.31 Å². The van der Waals surface area contributed by atoms with Gasteiger partial charge < -0.3 is 5.11 Å². The van der Waals surface area contributed by atoms with Crippen LogP contribution >= 0.6 is 23.2 Å². The smallest absolute Gasteiger partial charge is 0.318 e. The Kier molecular flexibility index (Phi) is 5.82. The number of benzene rings is 1. The summed E-state index contributed by atoms with van der Waals surface area (Å²) < 4.78 is 25.5. The maximum atomic E-state index is 12.3. The van der Waals surface area contributed by atoms with Crippen LogP contribution in [-0.2, 0) is 20.6 Å². The Balaban J connectivity index is 3.02. The molecule has 0 unspecified atom stereocenters. The van der Waals surface area contributed by atoms with E-state index in [1.54, 1.807) is 19.9 Å². The summed E-state index contributed by atoms with van der Waals surface area (Å²) >= 11 is 11.6. The van der Waals surface area contributed by atoms with E-state index in [0.717, 1.165) is 4.31 Å². The standard InChI is InChI=1S/C12H15Cl2NO4S/c1-8(2)15(6-12(16)17)20(18,19)7-9-3-4-10(13)11(14)5-9/h3-5,8H,6-7H2,1-2H3,(H,16,17). The Labute approximate surface area is 128 Å². The lowest BCUT2D eigenvalue weighted by atomic mass is 10.2. The molecule has 0 aliphatic carbocycles. The molecule has 0 aliphatic rings. The zero-order valence-electron chi connectivity index (χ0n) is 11.0. The van der Waals surface area contributed by atoms with Gasteiger partial charge in [-0.1, -0.05) is 29.3 Å². The van der Waals surface area contributed by atoms with Crippen molar-refractivity contribution >= 4 is 39.2 Å². The van der Waals surface area contributed by atoms with Gasteiger partial charge in [-0.05, 0) is 31.5 Å². The lowest BCUT2D eigenvalue weighted by Crippen LogP contribution is -2.41. The van der Waals surface area contributed by atoms with Crippen LogP contribution in [0.3, 0.4) is 0 Å². The average molecular weight is 340 g/mol. The summed E-state index contributed by atoms with van der Waals surface area (Å²) in [7, 11) is -3.75. The second-order valence-electron chi connectivity index (χ2n) is 4.54. The highest BCUT2D eigenvalue weighted by molar-refractivity contribution is 7.88. The highest BCUT2D eigenvalue weighted by atomic mass is 35.5. The van der Waals surface area contributed by atoms with Crippen LogP contribution in [0.25, 0.3) is 0 Å². The molecule has 0 radical (unpaired) electrons. The van der Waals surface area contributed by atoms with Gasteiger partial charge in [0.1, 0.15) is 6.54 Å². The molecule has 1 aromatic carbocycles. The fourth-order valence-corrected chi connectivity index (χ4v) is 3.70.